The second kappa shape index (κ2) is 8.23. The molecule has 0 amide bonds. The van der Waals surface area contributed by atoms with E-state index in [2.05, 4.69) is 0 Å². The van der Waals surface area contributed by atoms with Gasteiger partial charge in [-0.25, -0.2) is 0 Å². The summed E-state index contributed by atoms with van der Waals surface area (Å²) in [5.74, 6) is 0. The lowest BCUT2D eigenvalue weighted by Crippen LogP contribution is -2.20. The van der Waals surface area contributed by atoms with Crippen LogP contribution in [0.5, 0.6) is 0 Å². The summed E-state index contributed by atoms with van der Waals surface area (Å²) in [7, 11) is 0. The molecule has 5 heteroatoms. The number of rotatable bonds is 7. The minimum atomic E-state index is -0.800. The molecule has 0 aliphatic heterocycles. The van der Waals surface area contributed by atoms with Crippen molar-refractivity contribution in [1.29, 1.82) is 0 Å². The van der Waals surface area contributed by atoms with Crippen molar-refractivity contribution >= 4 is 11.6 Å². The number of alkyl halides is 1. The highest BCUT2D eigenvalue weighted by Gasteiger charge is 1.99. The molecule has 0 bridgehead atoms. The van der Waals surface area contributed by atoms with Gasteiger partial charge in [-0.2, -0.15) is 0 Å². The number of aliphatic hydroxyl groups is 2. The number of aliphatic hydroxyl groups excluding tert-OH is 2. The molecule has 0 aliphatic rings. The Morgan fingerprint density at radius 3 is 2.45 bits per heavy atom. The molecule has 0 spiro atoms. The third kappa shape index (κ3) is 8.03. The number of hydrogen-bond donors (Lipinski definition) is 2. The smallest absolute Gasteiger partial charge is 0.120 e. The second-order valence-electron chi connectivity index (χ2n) is 1.93. The second-order valence-corrected chi connectivity index (χ2v) is 2.15. The third-order valence-electron chi connectivity index (χ3n) is 0.970. The maximum Gasteiger partial charge on any atom is 0.120 e. The van der Waals surface area contributed by atoms with Gasteiger partial charge >= 0.3 is 0 Å². The lowest BCUT2D eigenvalue weighted by molar-refractivity contribution is -0.0103. The molecule has 0 heterocycles. The Kier molecular flexibility index (Phi) is 8.33. The van der Waals surface area contributed by atoms with Gasteiger partial charge in [-0.1, -0.05) is 11.6 Å². The van der Waals surface area contributed by atoms with Gasteiger partial charge in [0.05, 0.1) is 26.4 Å². The predicted octanol–water partition coefficient (Wildman–Crippen LogP) is -0.431. The van der Waals surface area contributed by atoms with Gasteiger partial charge in [0.25, 0.3) is 0 Å². The van der Waals surface area contributed by atoms with Crippen LogP contribution in [0, 0.1) is 0 Å². The van der Waals surface area contributed by atoms with Crippen molar-refractivity contribution in [3.05, 3.63) is 0 Å². The molecular formula is C6H13ClO4. The van der Waals surface area contributed by atoms with E-state index < -0.39 is 6.10 Å². The molecule has 0 saturated carbocycles. The first-order valence-electron chi connectivity index (χ1n) is 3.31. The minimum Gasteiger partial charge on any atom is -0.394 e. The molecule has 0 aromatic carbocycles. The number of hydrogen-bond acceptors (Lipinski definition) is 4. The van der Waals surface area contributed by atoms with Crippen LogP contribution in [0.3, 0.4) is 0 Å². The quantitative estimate of drug-likeness (QED) is 0.417. The van der Waals surface area contributed by atoms with E-state index in [4.69, 9.17) is 31.3 Å². The van der Waals surface area contributed by atoms with Crippen molar-refractivity contribution in [2.24, 2.45) is 0 Å². The zero-order valence-corrected chi connectivity index (χ0v) is 6.96. The van der Waals surface area contributed by atoms with E-state index in [1.165, 1.54) is 0 Å². The standard InChI is InChI=1S/C6H13ClO4/c7-5-11-2-1-10-4-6(9)3-8/h6,8-9H,1-5H2. The third-order valence-corrected chi connectivity index (χ3v) is 1.12. The lowest BCUT2D eigenvalue weighted by atomic mass is 10.4. The van der Waals surface area contributed by atoms with Crippen LogP contribution in [0.15, 0.2) is 0 Å². The molecule has 0 aromatic rings. The molecule has 0 aliphatic carbocycles. The zero-order chi connectivity index (χ0) is 8.53. The van der Waals surface area contributed by atoms with Gasteiger partial charge in [0.1, 0.15) is 12.2 Å². The molecule has 0 radical (unpaired) electrons. The van der Waals surface area contributed by atoms with Gasteiger partial charge in [-0.15, -0.1) is 0 Å². The summed E-state index contributed by atoms with van der Waals surface area (Å²) in [4.78, 5) is 0. The van der Waals surface area contributed by atoms with Crippen LogP contribution < -0.4 is 0 Å². The van der Waals surface area contributed by atoms with Gasteiger partial charge in [0, 0.05) is 0 Å². The maximum atomic E-state index is 8.77. The summed E-state index contributed by atoms with van der Waals surface area (Å²) in [5, 5.41) is 17.1. The Balaban J connectivity index is 2.89. The normalized spacial score (nSPS) is 13.4. The predicted molar refractivity (Wildman–Crippen MR) is 40.6 cm³/mol. The van der Waals surface area contributed by atoms with Gasteiger partial charge in [-0.05, 0) is 0 Å². The Hall–Kier alpha value is 0.130. The van der Waals surface area contributed by atoms with Crippen LogP contribution in [0.25, 0.3) is 0 Å². The summed E-state index contributed by atoms with van der Waals surface area (Å²) < 4.78 is 9.64. The van der Waals surface area contributed by atoms with E-state index in [-0.39, 0.29) is 19.3 Å². The SMILES string of the molecule is OCC(O)COCCOCCl. The van der Waals surface area contributed by atoms with Crippen molar-refractivity contribution in [1.82, 2.24) is 0 Å². The summed E-state index contributed by atoms with van der Waals surface area (Å²) in [5.41, 5.74) is 0. The molecule has 1 unspecified atom stereocenters. The highest BCUT2D eigenvalue weighted by atomic mass is 35.5. The van der Waals surface area contributed by atoms with Crippen LogP contribution in [0.2, 0.25) is 0 Å². The van der Waals surface area contributed by atoms with Crippen molar-refractivity contribution < 1.29 is 19.7 Å². The molecule has 4 nitrogen and oxygen atoms in total. The van der Waals surface area contributed by atoms with Crippen molar-refractivity contribution in [3.8, 4) is 0 Å². The van der Waals surface area contributed by atoms with Gasteiger partial charge in [-0.3, -0.25) is 0 Å². The monoisotopic (exact) mass is 184 g/mol. The van der Waals surface area contributed by atoms with Gasteiger partial charge in [0.2, 0.25) is 0 Å². The Bertz CT molecular complexity index is 81.0. The van der Waals surface area contributed by atoms with Gasteiger partial charge in [0.15, 0.2) is 0 Å². The molecular weight excluding hydrogens is 172 g/mol. The van der Waals surface area contributed by atoms with E-state index in [9.17, 15) is 0 Å². The van der Waals surface area contributed by atoms with Gasteiger partial charge < -0.3 is 19.7 Å². The van der Waals surface area contributed by atoms with Crippen molar-refractivity contribution in [2.45, 2.75) is 6.10 Å². The van der Waals surface area contributed by atoms with Crippen LogP contribution in [-0.2, 0) is 9.47 Å². The Labute approximate surface area is 70.7 Å². The van der Waals surface area contributed by atoms with E-state index in [1.807, 2.05) is 0 Å². The highest BCUT2D eigenvalue weighted by Crippen LogP contribution is 1.85. The average Bonchev–Trinajstić information content (AvgIpc) is 2.04. The first-order chi connectivity index (χ1) is 5.31. The summed E-state index contributed by atoms with van der Waals surface area (Å²) >= 11 is 5.20. The fourth-order valence-electron chi connectivity index (χ4n) is 0.444. The average molecular weight is 185 g/mol. The fraction of sp³-hybridized carbons (Fsp3) is 1.00. The van der Waals surface area contributed by atoms with E-state index >= 15 is 0 Å². The largest absolute Gasteiger partial charge is 0.394 e. The van der Waals surface area contributed by atoms with Crippen LogP contribution in [0.1, 0.15) is 0 Å². The summed E-state index contributed by atoms with van der Waals surface area (Å²) in [6.07, 6.45) is -0.800. The fourth-order valence-corrected chi connectivity index (χ4v) is 0.554. The van der Waals surface area contributed by atoms with Crippen LogP contribution >= 0.6 is 11.6 Å². The Morgan fingerprint density at radius 1 is 1.27 bits per heavy atom. The molecule has 2 N–H and O–H groups in total. The molecule has 11 heavy (non-hydrogen) atoms. The first-order valence-corrected chi connectivity index (χ1v) is 3.85. The van der Waals surface area contributed by atoms with Crippen molar-refractivity contribution in [2.75, 3.05) is 32.5 Å². The molecule has 1 atom stereocenters. The first kappa shape index (κ1) is 11.1. The van der Waals surface area contributed by atoms with Crippen molar-refractivity contribution in [3.63, 3.8) is 0 Å². The topological polar surface area (TPSA) is 58.9 Å². The molecule has 68 valence electrons. The van der Waals surface area contributed by atoms with E-state index in [0.717, 1.165) is 0 Å². The lowest BCUT2D eigenvalue weighted by Gasteiger charge is -2.07. The summed E-state index contributed by atoms with van der Waals surface area (Å²) in [6, 6.07) is 0.145. The number of halogens is 1. The molecule has 0 aromatic heterocycles. The maximum absolute atomic E-state index is 8.77. The van der Waals surface area contributed by atoms with E-state index in [1.54, 1.807) is 0 Å². The van der Waals surface area contributed by atoms with Crippen LogP contribution in [-0.4, -0.2) is 48.8 Å². The van der Waals surface area contributed by atoms with E-state index in [0.29, 0.717) is 13.2 Å². The summed E-state index contributed by atoms with van der Waals surface area (Å²) in [6.45, 7) is 0.629. The molecule has 0 fully saturated rings. The highest BCUT2D eigenvalue weighted by molar-refractivity contribution is 6.17. The minimum absolute atomic E-state index is 0.127. The van der Waals surface area contributed by atoms with Crippen LogP contribution in [0.4, 0.5) is 0 Å². The molecule has 0 rings (SSSR count). The molecule has 0 saturated heterocycles. The zero-order valence-electron chi connectivity index (χ0n) is 6.20. The Morgan fingerprint density at radius 2 is 1.91 bits per heavy atom. The number of ether oxygens (including phenoxy) is 2.